The van der Waals surface area contributed by atoms with Crippen LogP contribution in [0.1, 0.15) is 18.2 Å². The number of aromatic nitrogens is 1. The van der Waals surface area contributed by atoms with Gasteiger partial charge in [-0.25, -0.2) is 4.79 Å². The fraction of sp³-hybridized carbons (Fsp3) is 0.294. The molecule has 110 valence electrons. The first-order valence-corrected chi connectivity index (χ1v) is 6.95. The van der Waals surface area contributed by atoms with E-state index in [4.69, 9.17) is 4.74 Å². The summed E-state index contributed by atoms with van der Waals surface area (Å²) in [7, 11) is 4.03. The van der Waals surface area contributed by atoms with Gasteiger partial charge in [0.15, 0.2) is 0 Å². The Morgan fingerprint density at radius 3 is 2.76 bits per heavy atom. The molecule has 0 bridgehead atoms. The van der Waals surface area contributed by atoms with Crippen molar-refractivity contribution in [2.75, 3.05) is 25.6 Å². The molecule has 0 saturated heterocycles. The zero-order chi connectivity index (χ0) is 15.4. The second kappa shape index (κ2) is 6.39. The molecule has 0 spiro atoms. The largest absolute Gasteiger partial charge is 0.463 e. The Labute approximate surface area is 125 Å². The van der Waals surface area contributed by atoms with Gasteiger partial charge in [0.1, 0.15) is 0 Å². The molecule has 0 radical (unpaired) electrons. The number of hydrogen-bond donors (Lipinski definition) is 0. The van der Waals surface area contributed by atoms with Crippen molar-refractivity contribution in [3.05, 3.63) is 41.6 Å². The number of aryl methyl sites for hydroxylation is 1. The van der Waals surface area contributed by atoms with E-state index < -0.39 is 0 Å². The predicted octanol–water partition coefficient (Wildman–Crippen LogP) is 3.19. The summed E-state index contributed by atoms with van der Waals surface area (Å²) in [5.41, 5.74) is 3.96. The lowest BCUT2D eigenvalue weighted by atomic mass is 10.1. The molecule has 4 heteroatoms. The number of pyridine rings is 1. The average molecular weight is 284 g/mol. The van der Waals surface area contributed by atoms with E-state index in [2.05, 4.69) is 16.0 Å². The molecule has 2 rings (SSSR count). The third-order valence-electron chi connectivity index (χ3n) is 3.12. The number of esters is 1. The summed E-state index contributed by atoms with van der Waals surface area (Å²) in [6.07, 6.45) is 3.18. The van der Waals surface area contributed by atoms with Gasteiger partial charge in [-0.05, 0) is 37.6 Å². The Kier molecular flexibility index (Phi) is 4.58. The fourth-order valence-corrected chi connectivity index (χ4v) is 2.18. The quantitative estimate of drug-likeness (QED) is 0.639. The monoisotopic (exact) mass is 284 g/mol. The average Bonchev–Trinajstić information content (AvgIpc) is 2.44. The van der Waals surface area contributed by atoms with E-state index in [1.54, 1.807) is 13.0 Å². The van der Waals surface area contributed by atoms with Crippen molar-refractivity contribution < 1.29 is 9.53 Å². The standard InChI is InChI=1S/C17H20N2O2/c1-5-21-17(20)9-7-13-6-8-14-15(11-13)18-12(2)10-16(14)19(3)4/h6-11H,5H2,1-4H3/b9-7+. The molecule has 21 heavy (non-hydrogen) atoms. The summed E-state index contributed by atoms with van der Waals surface area (Å²) in [4.78, 5) is 18.0. The molecule has 0 amide bonds. The SMILES string of the molecule is CCOC(=O)/C=C/c1ccc2c(N(C)C)cc(C)nc2c1. The van der Waals surface area contributed by atoms with Gasteiger partial charge in [0.2, 0.25) is 0 Å². The molecule has 1 heterocycles. The van der Waals surface area contributed by atoms with Crippen LogP contribution in [-0.4, -0.2) is 31.7 Å². The number of carbonyl (C=O) groups is 1. The molecular formula is C17H20N2O2. The Morgan fingerprint density at radius 2 is 2.10 bits per heavy atom. The van der Waals surface area contributed by atoms with Crippen LogP contribution in [0.2, 0.25) is 0 Å². The predicted molar refractivity (Wildman–Crippen MR) is 86.5 cm³/mol. The minimum atomic E-state index is -0.330. The van der Waals surface area contributed by atoms with Gasteiger partial charge in [0, 0.05) is 36.9 Å². The molecule has 2 aromatic rings. The highest BCUT2D eigenvalue weighted by atomic mass is 16.5. The second-order valence-corrected chi connectivity index (χ2v) is 5.04. The van der Waals surface area contributed by atoms with E-state index in [1.165, 1.54) is 6.08 Å². The first-order valence-electron chi connectivity index (χ1n) is 6.95. The third-order valence-corrected chi connectivity index (χ3v) is 3.12. The number of rotatable bonds is 4. The molecule has 0 saturated carbocycles. The first kappa shape index (κ1) is 15.0. The molecule has 0 fully saturated rings. The zero-order valence-corrected chi connectivity index (χ0v) is 12.9. The van der Waals surface area contributed by atoms with Gasteiger partial charge in [-0.2, -0.15) is 0 Å². The number of hydrogen-bond acceptors (Lipinski definition) is 4. The second-order valence-electron chi connectivity index (χ2n) is 5.04. The van der Waals surface area contributed by atoms with Crippen molar-refractivity contribution in [2.24, 2.45) is 0 Å². The summed E-state index contributed by atoms with van der Waals surface area (Å²) in [5.74, 6) is -0.330. The lowest BCUT2D eigenvalue weighted by molar-refractivity contribution is -0.137. The molecule has 1 aromatic heterocycles. The van der Waals surface area contributed by atoms with E-state index in [0.717, 1.165) is 27.8 Å². The van der Waals surface area contributed by atoms with Crippen LogP contribution >= 0.6 is 0 Å². The number of benzene rings is 1. The summed E-state index contributed by atoms with van der Waals surface area (Å²) in [6.45, 7) is 4.15. The molecule has 1 aromatic carbocycles. The lowest BCUT2D eigenvalue weighted by Gasteiger charge is -2.16. The molecule has 0 unspecified atom stereocenters. The van der Waals surface area contributed by atoms with Crippen LogP contribution in [0.3, 0.4) is 0 Å². The van der Waals surface area contributed by atoms with Crippen LogP contribution in [0.5, 0.6) is 0 Å². The number of nitrogens with zero attached hydrogens (tertiary/aromatic N) is 2. The fourth-order valence-electron chi connectivity index (χ4n) is 2.18. The van der Waals surface area contributed by atoms with Crippen molar-refractivity contribution in [2.45, 2.75) is 13.8 Å². The minimum Gasteiger partial charge on any atom is -0.463 e. The van der Waals surface area contributed by atoms with Crippen LogP contribution in [0, 0.1) is 6.92 Å². The maximum absolute atomic E-state index is 11.3. The van der Waals surface area contributed by atoms with Gasteiger partial charge in [-0.3, -0.25) is 4.98 Å². The summed E-state index contributed by atoms with van der Waals surface area (Å²) in [6, 6.07) is 8.05. The highest BCUT2D eigenvalue weighted by Crippen LogP contribution is 2.26. The van der Waals surface area contributed by atoms with Gasteiger partial charge in [0.25, 0.3) is 0 Å². The van der Waals surface area contributed by atoms with Crippen molar-refractivity contribution in [3.8, 4) is 0 Å². The van der Waals surface area contributed by atoms with Gasteiger partial charge in [-0.15, -0.1) is 0 Å². The molecule has 0 aliphatic heterocycles. The van der Waals surface area contributed by atoms with Crippen LogP contribution in [0.15, 0.2) is 30.3 Å². The summed E-state index contributed by atoms with van der Waals surface area (Å²) < 4.78 is 4.87. The number of fused-ring (bicyclic) bond motifs is 1. The number of carbonyl (C=O) groups excluding carboxylic acids is 1. The highest BCUT2D eigenvalue weighted by molar-refractivity contribution is 5.94. The van der Waals surface area contributed by atoms with E-state index in [0.29, 0.717) is 6.61 Å². The Bertz CT molecular complexity index is 690. The van der Waals surface area contributed by atoms with E-state index in [9.17, 15) is 4.79 Å². The van der Waals surface area contributed by atoms with Crippen molar-refractivity contribution in [1.29, 1.82) is 0 Å². The first-order chi connectivity index (χ1) is 10.0. The van der Waals surface area contributed by atoms with E-state index >= 15 is 0 Å². The van der Waals surface area contributed by atoms with Crippen molar-refractivity contribution in [3.63, 3.8) is 0 Å². The summed E-state index contributed by atoms with van der Waals surface area (Å²) >= 11 is 0. The van der Waals surface area contributed by atoms with E-state index in [1.807, 2.05) is 39.2 Å². The number of ether oxygens (including phenoxy) is 1. The van der Waals surface area contributed by atoms with E-state index in [-0.39, 0.29) is 5.97 Å². The van der Waals surface area contributed by atoms with Crippen LogP contribution < -0.4 is 4.90 Å². The molecule has 4 nitrogen and oxygen atoms in total. The molecule has 0 aliphatic carbocycles. The maximum atomic E-state index is 11.3. The maximum Gasteiger partial charge on any atom is 0.330 e. The smallest absolute Gasteiger partial charge is 0.330 e. The van der Waals surface area contributed by atoms with Crippen LogP contribution in [0.4, 0.5) is 5.69 Å². The zero-order valence-electron chi connectivity index (χ0n) is 12.9. The Balaban J connectivity index is 2.40. The Morgan fingerprint density at radius 1 is 1.33 bits per heavy atom. The Hall–Kier alpha value is -2.36. The van der Waals surface area contributed by atoms with Crippen LogP contribution in [0.25, 0.3) is 17.0 Å². The molecule has 0 atom stereocenters. The molecular weight excluding hydrogens is 264 g/mol. The van der Waals surface area contributed by atoms with Gasteiger partial charge in [0.05, 0.1) is 12.1 Å². The number of anilines is 1. The summed E-state index contributed by atoms with van der Waals surface area (Å²) in [5, 5.41) is 1.10. The minimum absolute atomic E-state index is 0.330. The topological polar surface area (TPSA) is 42.4 Å². The van der Waals surface area contributed by atoms with Crippen molar-refractivity contribution in [1.82, 2.24) is 4.98 Å². The van der Waals surface area contributed by atoms with Crippen molar-refractivity contribution >= 4 is 28.6 Å². The molecule has 0 aliphatic rings. The normalized spacial score (nSPS) is 11.0. The highest BCUT2D eigenvalue weighted by Gasteiger charge is 2.06. The van der Waals surface area contributed by atoms with Gasteiger partial charge < -0.3 is 9.64 Å². The van der Waals surface area contributed by atoms with Crippen LogP contribution in [-0.2, 0) is 9.53 Å². The van der Waals surface area contributed by atoms with Gasteiger partial charge >= 0.3 is 5.97 Å². The molecule has 0 N–H and O–H groups in total. The third kappa shape index (κ3) is 3.60. The lowest BCUT2D eigenvalue weighted by Crippen LogP contribution is -2.09. The van der Waals surface area contributed by atoms with Gasteiger partial charge in [-0.1, -0.05) is 12.1 Å².